The third-order valence-electron chi connectivity index (χ3n) is 3.69. The summed E-state index contributed by atoms with van der Waals surface area (Å²) in [7, 11) is 0. The van der Waals surface area contributed by atoms with E-state index in [4.69, 9.17) is 9.84 Å². The van der Waals surface area contributed by atoms with E-state index in [2.05, 4.69) is 15.9 Å². The van der Waals surface area contributed by atoms with E-state index in [1.54, 1.807) is 12.3 Å². The summed E-state index contributed by atoms with van der Waals surface area (Å²) in [6, 6.07) is 1.65. The topological polar surface area (TPSA) is 51.5 Å². The molecule has 19 heavy (non-hydrogen) atoms. The molecule has 0 aliphatic carbocycles. The normalized spacial score (nSPS) is 16.7. The quantitative estimate of drug-likeness (QED) is 0.812. The van der Waals surface area contributed by atoms with Gasteiger partial charge >= 0.3 is 5.97 Å². The molecule has 4 nitrogen and oxygen atoms in total. The first-order chi connectivity index (χ1) is 9.16. The van der Waals surface area contributed by atoms with E-state index in [1.165, 1.54) is 25.7 Å². The summed E-state index contributed by atoms with van der Waals surface area (Å²) in [5.41, 5.74) is 0.344. The Morgan fingerprint density at radius 2 is 2.16 bits per heavy atom. The van der Waals surface area contributed by atoms with Crippen molar-refractivity contribution in [3.8, 4) is 0 Å². The van der Waals surface area contributed by atoms with Gasteiger partial charge in [-0.1, -0.05) is 12.8 Å². The van der Waals surface area contributed by atoms with Crippen LogP contribution in [0.2, 0.25) is 0 Å². The Morgan fingerprint density at radius 3 is 2.79 bits per heavy atom. The van der Waals surface area contributed by atoms with E-state index in [-0.39, 0.29) is 0 Å². The van der Waals surface area contributed by atoms with Crippen molar-refractivity contribution in [1.82, 2.24) is 4.57 Å². The van der Waals surface area contributed by atoms with Crippen LogP contribution in [0.1, 0.15) is 42.5 Å². The lowest BCUT2D eigenvalue weighted by molar-refractivity contribution is 0.0630. The number of unbranched alkanes of at least 4 members (excludes halogenated alkanes) is 1. The predicted octanol–water partition coefficient (Wildman–Crippen LogP) is 3.55. The van der Waals surface area contributed by atoms with Crippen LogP contribution in [-0.4, -0.2) is 28.9 Å². The Bertz CT molecular complexity index is 424. The molecule has 2 rings (SSSR count). The molecule has 0 atom stereocenters. The van der Waals surface area contributed by atoms with Crippen LogP contribution in [0.4, 0.5) is 0 Å². The van der Waals surface area contributed by atoms with E-state index in [0.29, 0.717) is 5.56 Å². The number of aromatic carboxylic acids is 1. The second-order valence-electron chi connectivity index (χ2n) is 5.10. The van der Waals surface area contributed by atoms with Crippen molar-refractivity contribution in [2.45, 2.75) is 38.6 Å². The van der Waals surface area contributed by atoms with Gasteiger partial charge in [-0.3, -0.25) is 0 Å². The molecular weight excluding hydrogens is 310 g/mol. The summed E-state index contributed by atoms with van der Waals surface area (Å²) in [6.07, 6.45) is 7.61. The van der Waals surface area contributed by atoms with Gasteiger partial charge in [0.25, 0.3) is 0 Å². The summed E-state index contributed by atoms with van der Waals surface area (Å²) >= 11 is 3.40. The van der Waals surface area contributed by atoms with E-state index >= 15 is 0 Å². The fraction of sp³-hybridized carbons (Fsp3) is 0.643. The Labute approximate surface area is 121 Å². The number of nitrogens with zero attached hydrogens (tertiary/aromatic N) is 1. The molecule has 1 aromatic heterocycles. The van der Waals surface area contributed by atoms with Gasteiger partial charge in [0.05, 0.1) is 10.2 Å². The SMILES string of the molecule is O=C(O)c1cc(Br)n(CCCCC2CCOCC2)c1. The molecule has 1 fully saturated rings. The number of rotatable bonds is 6. The number of carboxylic acid groups (broad SMARTS) is 1. The number of hydrogen-bond acceptors (Lipinski definition) is 2. The van der Waals surface area contributed by atoms with Gasteiger partial charge in [-0.2, -0.15) is 0 Å². The average Bonchev–Trinajstić information content (AvgIpc) is 2.78. The molecule has 2 heterocycles. The van der Waals surface area contributed by atoms with E-state index in [9.17, 15) is 4.79 Å². The molecule has 0 spiro atoms. The third-order valence-corrected chi connectivity index (χ3v) is 4.38. The Morgan fingerprint density at radius 1 is 1.42 bits per heavy atom. The van der Waals surface area contributed by atoms with Crippen LogP contribution in [-0.2, 0) is 11.3 Å². The van der Waals surface area contributed by atoms with Crippen LogP contribution in [0.25, 0.3) is 0 Å². The Hall–Kier alpha value is -0.810. The summed E-state index contributed by atoms with van der Waals surface area (Å²) in [5.74, 6) is -0.0573. The van der Waals surface area contributed by atoms with Crippen molar-refractivity contribution in [3.05, 3.63) is 22.4 Å². The molecule has 1 aliphatic rings. The first-order valence-electron chi connectivity index (χ1n) is 6.83. The number of ether oxygens (including phenoxy) is 1. The highest BCUT2D eigenvalue weighted by molar-refractivity contribution is 9.10. The van der Waals surface area contributed by atoms with Gasteiger partial charge in [0.2, 0.25) is 0 Å². The highest BCUT2D eigenvalue weighted by atomic mass is 79.9. The zero-order valence-corrected chi connectivity index (χ0v) is 12.6. The van der Waals surface area contributed by atoms with Crippen molar-refractivity contribution in [3.63, 3.8) is 0 Å². The fourth-order valence-corrected chi connectivity index (χ4v) is 3.04. The Kier molecular flexibility index (Phi) is 5.45. The monoisotopic (exact) mass is 329 g/mol. The van der Waals surface area contributed by atoms with Gasteiger partial charge in [0, 0.05) is 26.0 Å². The van der Waals surface area contributed by atoms with Crippen molar-refractivity contribution in [2.24, 2.45) is 5.92 Å². The maximum atomic E-state index is 10.9. The van der Waals surface area contributed by atoms with Gasteiger partial charge in [-0.15, -0.1) is 0 Å². The molecule has 1 aliphatic heterocycles. The highest BCUT2D eigenvalue weighted by Gasteiger charge is 2.13. The molecule has 106 valence electrons. The zero-order valence-electron chi connectivity index (χ0n) is 11.0. The molecule has 0 saturated carbocycles. The van der Waals surface area contributed by atoms with Crippen molar-refractivity contribution >= 4 is 21.9 Å². The molecule has 0 aromatic carbocycles. The maximum Gasteiger partial charge on any atom is 0.337 e. The number of aryl methyl sites for hydroxylation is 1. The van der Waals surface area contributed by atoms with Crippen LogP contribution in [0.5, 0.6) is 0 Å². The first kappa shape index (κ1) is 14.6. The lowest BCUT2D eigenvalue weighted by Crippen LogP contribution is -2.15. The lowest BCUT2D eigenvalue weighted by atomic mass is 9.94. The number of carboxylic acids is 1. The number of carbonyl (C=O) groups is 1. The predicted molar refractivity (Wildman–Crippen MR) is 76.5 cm³/mol. The van der Waals surface area contributed by atoms with Gasteiger partial charge in [0.15, 0.2) is 0 Å². The summed E-state index contributed by atoms with van der Waals surface area (Å²) < 4.78 is 8.16. The van der Waals surface area contributed by atoms with Crippen LogP contribution in [0.15, 0.2) is 16.9 Å². The smallest absolute Gasteiger partial charge is 0.337 e. The van der Waals surface area contributed by atoms with Crippen molar-refractivity contribution in [1.29, 1.82) is 0 Å². The van der Waals surface area contributed by atoms with Crippen LogP contribution < -0.4 is 0 Å². The van der Waals surface area contributed by atoms with Gasteiger partial charge in [0.1, 0.15) is 0 Å². The molecule has 5 heteroatoms. The second-order valence-corrected chi connectivity index (χ2v) is 5.91. The summed E-state index contributed by atoms with van der Waals surface area (Å²) in [4.78, 5) is 10.9. The average molecular weight is 330 g/mol. The number of hydrogen-bond donors (Lipinski definition) is 1. The molecule has 0 amide bonds. The summed E-state index contributed by atoms with van der Waals surface area (Å²) in [6.45, 7) is 2.70. The van der Waals surface area contributed by atoms with Crippen LogP contribution in [0.3, 0.4) is 0 Å². The first-order valence-corrected chi connectivity index (χ1v) is 7.63. The number of aromatic nitrogens is 1. The minimum Gasteiger partial charge on any atom is -0.478 e. The molecule has 0 bridgehead atoms. The van der Waals surface area contributed by atoms with Gasteiger partial charge in [-0.05, 0) is 47.2 Å². The van der Waals surface area contributed by atoms with Crippen LogP contribution >= 0.6 is 15.9 Å². The number of halogens is 1. The minimum absolute atomic E-state index is 0.344. The highest BCUT2D eigenvalue weighted by Crippen LogP contribution is 2.22. The van der Waals surface area contributed by atoms with Crippen molar-refractivity contribution < 1.29 is 14.6 Å². The standard InChI is InChI=1S/C14H20BrNO3/c15-13-9-12(14(17)18)10-16(13)6-2-1-3-11-4-7-19-8-5-11/h9-11H,1-8H2,(H,17,18). The molecule has 1 aromatic rings. The summed E-state index contributed by atoms with van der Waals surface area (Å²) in [5, 5.41) is 8.92. The molecule has 1 N–H and O–H groups in total. The van der Waals surface area contributed by atoms with E-state index in [0.717, 1.165) is 36.7 Å². The molecular formula is C14H20BrNO3. The Balaban J connectivity index is 1.71. The zero-order chi connectivity index (χ0) is 13.7. The molecule has 0 radical (unpaired) electrons. The largest absolute Gasteiger partial charge is 0.478 e. The lowest BCUT2D eigenvalue weighted by Gasteiger charge is -2.21. The van der Waals surface area contributed by atoms with Crippen LogP contribution in [0, 0.1) is 5.92 Å². The molecule has 0 unspecified atom stereocenters. The van der Waals surface area contributed by atoms with Gasteiger partial charge in [-0.25, -0.2) is 4.79 Å². The fourth-order valence-electron chi connectivity index (χ4n) is 2.52. The third kappa shape index (κ3) is 4.35. The maximum absolute atomic E-state index is 10.9. The minimum atomic E-state index is -0.873. The van der Waals surface area contributed by atoms with Crippen molar-refractivity contribution in [2.75, 3.05) is 13.2 Å². The molecule has 1 saturated heterocycles. The van der Waals surface area contributed by atoms with E-state index in [1.807, 2.05) is 4.57 Å². The van der Waals surface area contributed by atoms with E-state index < -0.39 is 5.97 Å². The van der Waals surface area contributed by atoms with Gasteiger partial charge < -0.3 is 14.4 Å². The second kappa shape index (κ2) is 7.10.